The molecule has 0 aliphatic heterocycles. The highest BCUT2D eigenvalue weighted by Crippen LogP contribution is 2.29. The Hall–Kier alpha value is -2.44. The molecule has 1 aliphatic rings. The minimum atomic E-state index is -0.642. The minimum absolute atomic E-state index is 0.0225. The van der Waals surface area contributed by atoms with Gasteiger partial charge in [-0.3, -0.25) is 9.59 Å². The Labute approximate surface area is 191 Å². The third-order valence-electron chi connectivity index (χ3n) is 5.88. The van der Waals surface area contributed by atoms with Gasteiger partial charge in [0.05, 0.1) is 13.0 Å². The van der Waals surface area contributed by atoms with Gasteiger partial charge in [0.15, 0.2) is 0 Å². The fourth-order valence-corrected chi connectivity index (χ4v) is 5.65. The van der Waals surface area contributed by atoms with Crippen molar-refractivity contribution < 1.29 is 9.59 Å². The van der Waals surface area contributed by atoms with Gasteiger partial charge < -0.3 is 10.2 Å². The third-order valence-corrected chi connectivity index (χ3v) is 7.61. The Morgan fingerprint density at radius 3 is 2.32 bits per heavy atom. The average molecular weight is 453 g/mol. The van der Waals surface area contributed by atoms with Crippen molar-refractivity contribution in [1.82, 2.24) is 10.2 Å². The first-order chi connectivity index (χ1) is 15.1. The normalized spacial score (nSPS) is 15.0. The summed E-state index contributed by atoms with van der Waals surface area (Å²) in [5, 5.41) is 7.25. The van der Waals surface area contributed by atoms with Crippen molar-refractivity contribution in [2.24, 2.45) is 0 Å². The van der Waals surface area contributed by atoms with E-state index in [1.165, 1.54) is 0 Å². The van der Waals surface area contributed by atoms with E-state index in [0.717, 1.165) is 46.6 Å². The number of benzene rings is 1. The number of hydrogen-bond donors (Lipinski definition) is 1. The molecule has 0 unspecified atom stereocenters. The lowest BCUT2D eigenvalue weighted by molar-refractivity contribution is -0.141. The predicted octanol–water partition coefficient (Wildman–Crippen LogP) is 5.49. The van der Waals surface area contributed by atoms with Gasteiger partial charge in [-0.05, 0) is 53.8 Å². The van der Waals surface area contributed by atoms with Gasteiger partial charge in [0.2, 0.25) is 11.8 Å². The zero-order chi connectivity index (χ0) is 21.6. The number of nitrogens with one attached hydrogen (secondary N) is 1. The summed E-state index contributed by atoms with van der Waals surface area (Å²) in [6.45, 7) is 2.44. The lowest BCUT2D eigenvalue weighted by atomic mass is 9.98. The van der Waals surface area contributed by atoms with Crippen molar-refractivity contribution in [1.29, 1.82) is 0 Å². The zero-order valence-electron chi connectivity index (χ0n) is 17.8. The molecule has 2 aromatic heterocycles. The quantitative estimate of drug-likeness (QED) is 0.491. The van der Waals surface area contributed by atoms with Crippen molar-refractivity contribution in [3.05, 3.63) is 80.2 Å². The summed E-state index contributed by atoms with van der Waals surface area (Å²) in [5.74, 6) is -0.0945. The summed E-state index contributed by atoms with van der Waals surface area (Å²) in [6.07, 6.45) is 4.63. The first kappa shape index (κ1) is 21.8. The van der Waals surface area contributed by atoms with Gasteiger partial charge in [0.1, 0.15) is 6.04 Å². The monoisotopic (exact) mass is 452 g/mol. The zero-order valence-corrected chi connectivity index (χ0v) is 19.4. The molecule has 2 heterocycles. The van der Waals surface area contributed by atoms with Crippen LogP contribution in [-0.2, 0) is 22.6 Å². The van der Waals surface area contributed by atoms with Gasteiger partial charge in [-0.1, -0.05) is 49.2 Å². The van der Waals surface area contributed by atoms with Crippen LogP contribution in [0.5, 0.6) is 0 Å². The maximum absolute atomic E-state index is 13.6. The molecule has 0 radical (unpaired) electrons. The van der Waals surface area contributed by atoms with Crippen LogP contribution in [0.2, 0.25) is 0 Å². The fourth-order valence-electron chi connectivity index (χ4n) is 4.25. The molecular weight excluding hydrogens is 424 g/mol. The third kappa shape index (κ3) is 5.43. The van der Waals surface area contributed by atoms with Crippen molar-refractivity contribution >= 4 is 34.5 Å². The second kappa shape index (κ2) is 10.2. The first-order valence-corrected chi connectivity index (χ1v) is 12.6. The molecule has 0 spiro atoms. The number of hydrogen-bond acceptors (Lipinski definition) is 4. The van der Waals surface area contributed by atoms with E-state index in [0.29, 0.717) is 13.0 Å². The summed E-state index contributed by atoms with van der Waals surface area (Å²) in [7, 11) is 0. The number of rotatable bonds is 8. The Kier molecular flexibility index (Phi) is 7.20. The van der Waals surface area contributed by atoms with Crippen LogP contribution >= 0.6 is 22.7 Å². The van der Waals surface area contributed by atoms with E-state index in [9.17, 15) is 9.59 Å². The maximum Gasteiger partial charge on any atom is 0.247 e. The number of carbonyl (C=O) groups is 2. The molecule has 2 amide bonds. The number of carbonyl (C=O) groups excluding carboxylic acids is 2. The molecular formula is C25H28N2O2S2. The van der Waals surface area contributed by atoms with E-state index < -0.39 is 6.04 Å². The highest BCUT2D eigenvalue weighted by molar-refractivity contribution is 7.10. The molecule has 1 N–H and O–H groups in total. The molecule has 6 heteroatoms. The Balaban J connectivity index is 1.69. The fraction of sp³-hybridized carbons (Fsp3) is 0.360. The smallest absolute Gasteiger partial charge is 0.247 e. The van der Waals surface area contributed by atoms with Crippen LogP contribution in [-0.4, -0.2) is 22.8 Å². The van der Waals surface area contributed by atoms with Crippen molar-refractivity contribution in [3.63, 3.8) is 0 Å². The van der Waals surface area contributed by atoms with Gasteiger partial charge in [-0.15, -0.1) is 22.7 Å². The lowest BCUT2D eigenvalue weighted by Crippen LogP contribution is -2.46. The molecule has 4 nitrogen and oxygen atoms in total. The number of aryl methyl sites for hydroxylation is 1. The summed E-state index contributed by atoms with van der Waals surface area (Å²) in [6, 6.07) is 15.4. The number of amides is 2. The summed E-state index contributed by atoms with van der Waals surface area (Å²) in [5.41, 5.74) is 1.92. The van der Waals surface area contributed by atoms with Crippen LogP contribution in [0.4, 0.5) is 0 Å². The predicted molar refractivity (Wildman–Crippen MR) is 127 cm³/mol. The molecule has 1 aliphatic carbocycles. The van der Waals surface area contributed by atoms with Crippen LogP contribution in [0.15, 0.2) is 59.3 Å². The molecule has 1 fully saturated rings. The van der Waals surface area contributed by atoms with Crippen LogP contribution in [0.25, 0.3) is 0 Å². The second-order valence-electron chi connectivity index (χ2n) is 8.11. The van der Waals surface area contributed by atoms with Gasteiger partial charge in [0.25, 0.3) is 0 Å². The highest BCUT2D eigenvalue weighted by Gasteiger charge is 2.34. The van der Waals surface area contributed by atoms with Gasteiger partial charge in [-0.25, -0.2) is 0 Å². The summed E-state index contributed by atoms with van der Waals surface area (Å²) in [4.78, 5) is 31.1. The minimum Gasteiger partial charge on any atom is -0.351 e. The maximum atomic E-state index is 13.6. The molecule has 162 valence electrons. The summed E-state index contributed by atoms with van der Waals surface area (Å²) >= 11 is 3.19. The number of thiophene rings is 2. The molecule has 0 bridgehead atoms. The lowest BCUT2D eigenvalue weighted by Gasteiger charge is -2.33. The molecule has 0 saturated heterocycles. The van der Waals surface area contributed by atoms with E-state index in [1.54, 1.807) is 27.6 Å². The average Bonchev–Trinajstić information content (AvgIpc) is 3.53. The van der Waals surface area contributed by atoms with Crippen molar-refractivity contribution in [2.45, 2.75) is 57.7 Å². The van der Waals surface area contributed by atoms with Crippen LogP contribution in [0.3, 0.4) is 0 Å². The van der Waals surface area contributed by atoms with Crippen molar-refractivity contribution in [3.8, 4) is 0 Å². The van der Waals surface area contributed by atoms with Gasteiger partial charge in [0, 0.05) is 15.8 Å². The van der Waals surface area contributed by atoms with E-state index >= 15 is 0 Å². The Morgan fingerprint density at radius 1 is 1.00 bits per heavy atom. The molecule has 4 rings (SSSR count). The molecule has 3 aromatic rings. The van der Waals surface area contributed by atoms with E-state index in [4.69, 9.17) is 0 Å². The van der Waals surface area contributed by atoms with Crippen LogP contribution in [0, 0.1) is 6.92 Å². The Morgan fingerprint density at radius 2 is 1.68 bits per heavy atom. The molecule has 31 heavy (non-hydrogen) atoms. The second-order valence-corrected chi connectivity index (χ2v) is 10.2. The van der Waals surface area contributed by atoms with Crippen molar-refractivity contribution in [2.75, 3.05) is 0 Å². The van der Waals surface area contributed by atoms with Crippen LogP contribution < -0.4 is 5.32 Å². The highest BCUT2D eigenvalue weighted by atomic mass is 32.1. The van der Waals surface area contributed by atoms with E-state index in [1.807, 2.05) is 66.2 Å². The number of nitrogens with zero attached hydrogens (tertiary/aromatic N) is 1. The van der Waals surface area contributed by atoms with Gasteiger partial charge in [-0.2, -0.15) is 0 Å². The van der Waals surface area contributed by atoms with Gasteiger partial charge >= 0.3 is 0 Å². The van der Waals surface area contributed by atoms with E-state index in [-0.39, 0.29) is 17.9 Å². The van der Waals surface area contributed by atoms with E-state index in [2.05, 4.69) is 5.32 Å². The van der Waals surface area contributed by atoms with Crippen LogP contribution in [0.1, 0.15) is 52.6 Å². The molecule has 1 saturated carbocycles. The topological polar surface area (TPSA) is 49.4 Å². The SMILES string of the molecule is Cc1ccccc1[C@H](C(=O)NC1CCCC1)N(Cc1cccs1)C(=O)Cc1cccs1. The molecule has 1 atom stereocenters. The largest absolute Gasteiger partial charge is 0.351 e. The Bertz CT molecular complexity index is 992. The standard InChI is InChI=1S/C25H28N2O2S2/c1-18-8-2-5-13-22(18)24(25(29)26-19-9-3-4-10-19)27(17-21-12-7-15-31-21)23(28)16-20-11-6-14-30-20/h2,5-8,11-15,19,24H,3-4,9-10,16-17H2,1H3,(H,26,29)/t24-/m1/s1. The first-order valence-electron chi connectivity index (χ1n) is 10.8. The molecule has 1 aromatic carbocycles. The summed E-state index contributed by atoms with van der Waals surface area (Å²) < 4.78 is 0.